The minimum Gasteiger partial charge on any atom is -0.344 e. The highest BCUT2D eigenvalue weighted by atomic mass is 16.5. The van der Waals surface area contributed by atoms with E-state index in [2.05, 4.69) is 10.5 Å². The van der Waals surface area contributed by atoms with Gasteiger partial charge in [0.1, 0.15) is 0 Å². The first kappa shape index (κ1) is 17.2. The van der Waals surface area contributed by atoms with Gasteiger partial charge in [0, 0.05) is 25.6 Å². The van der Waals surface area contributed by atoms with Gasteiger partial charge in [0.15, 0.2) is 13.1 Å². The Morgan fingerprint density at radius 3 is 2.43 bits per heavy atom. The quantitative estimate of drug-likeness (QED) is 0.769. The van der Waals surface area contributed by atoms with Crippen molar-refractivity contribution in [2.24, 2.45) is 0 Å². The van der Waals surface area contributed by atoms with Crippen LogP contribution in [0.3, 0.4) is 0 Å². The third-order valence-electron chi connectivity index (χ3n) is 2.96. The first-order valence-corrected chi connectivity index (χ1v) is 6.88. The largest absolute Gasteiger partial charge is 0.344 e. The molecule has 2 N–H and O–H groups in total. The predicted octanol–water partition coefficient (Wildman–Crippen LogP) is -0.486. The molecule has 1 aromatic rings. The molecule has 7 nitrogen and oxygen atoms in total. The fourth-order valence-electron chi connectivity index (χ4n) is 1.62. The number of quaternary nitrogens is 1. The molecule has 0 bridgehead atoms. The second kappa shape index (κ2) is 6.71. The fraction of sp³-hybridized carbons (Fsp3) is 0.643. The molecule has 0 spiro atoms. The molecule has 1 rings (SSSR count). The topological polar surface area (TPSA) is 79.9 Å². The van der Waals surface area contributed by atoms with Crippen molar-refractivity contribution >= 4 is 17.7 Å². The van der Waals surface area contributed by atoms with Gasteiger partial charge in [0.25, 0.3) is 11.8 Å². The zero-order valence-corrected chi connectivity index (χ0v) is 13.6. The fourth-order valence-corrected chi connectivity index (χ4v) is 1.62. The number of nitrogens with one attached hydrogen (secondary N) is 2. The average Bonchev–Trinajstić information content (AvgIpc) is 2.76. The Balaban J connectivity index is 2.50. The number of rotatable bonds is 5. The minimum atomic E-state index is -0.212. The van der Waals surface area contributed by atoms with Crippen LogP contribution >= 0.6 is 0 Å². The van der Waals surface area contributed by atoms with E-state index >= 15 is 0 Å². The first-order chi connectivity index (χ1) is 9.59. The molecular weight excluding hydrogens is 272 g/mol. The van der Waals surface area contributed by atoms with Crippen molar-refractivity contribution in [3.8, 4) is 0 Å². The van der Waals surface area contributed by atoms with Crippen LogP contribution in [-0.4, -0.2) is 56.1 Å². The molecule has 0 aromatic carbocycles. The Bertz CT molecular complexity index is 503. The van der Waals surface area contributed by atoms with E-state index in [1.165, 1.54) is 4.90 Å². The molecule has 1 heterocycles. The van der Waals surface area contributed by atoms with Crippen molar-refractivity contribution < 1.29 is 19.0 Å². The highest BCUT2D eigenvalue weighted by Gasteiger charge is 2.21. The zero-order valence-electron chi connectivity index (χ0n) is 13.6. The van der Waals surface area contributed by atoms with Gasteiger partial charge >= 0.3 is 0 Å². The maximum atomic E-state index is 11.9. The number of nitrogens with zero attached hydrogens (tertiary/aromatic N) is 2. The van der Waals surface area contributed by atoms with E-state index in [1.807, 2.05) is 20.8 Å². The lowest BCUT2D eigenvalue weighted by atomic mass is 9.92. The van der Waals surface area contributed by atoms with Gasteiger partial charge < -0.3 is 14.3 Å². The van der Waals surface area contributed by atoms with Crippen LogP contribution in [0.1, 0.15) is 26.5 Å². The summed E-state index contributed by atoms with van der Waals surface area (Å²) in [5.74, 6) is 0.0994. The highest BCUT2D eigenvalue weighted by Crippen LogP contribution is 2.23. The zero-order chi connectivity index (χ0) is 16.2. The number of amides is 2. The number of likely N-dealkylation sites (N-methyl/N-ethyl adjacent to an activating group) is 2. The van der Waals surface area contributed by atoms with Gasteiger partial charge in [-0.05, 0) is 0 Å². The summed E-state index contributed by atoms with van der Waals surface area (Å²) in [7, 11) is 5.18. The summed E-state index contributed by atoms with van der Waals surface area (Å²) in [6.45, 7) is 6.50. The monoisotopic (exact) mass is 297 g/mol. The standard InChI is InChI=1S/C14H24N4O3/c1-14(2,3)10-7-12(21-16-10)15-11(19)8-18(6)9-13(20)17(4)5/h7H,8-9H2,1-6H3,(H,15,19)/p+1. The maximum absolute atomic E-state index is 11.9. The summed E-state index contributed by atoms with van der Waals surface area (Å²) in [6.07, 6.45) is 0. The Kier molecular flexibility index (Phi) is 5.48. The SMILES string of the molecule is CN(C)C(=O)C[NH+](C)CC(=O)Nc1cc(C(C)(C)C)no1. The molecule has 118 valence electrons. The van der Waals surface area contributed by atoms with Crippen molar-refractivity contribution in [2.45, 2.75) is 26.2 Å². The summed E-state index contributed by atoms with van der Waals surface area (Å²) in [4.78, 5) is 25.8. The van der Waals surface area contributed by atoms with E-state index in [4.69, 9.17) is 4.52 Å². The lowest BCUT2D eigenvalue weighted by molar-refractivity contribution is -0.862. The van der Waals surface area contributed by atoms with E-state index in [9.17, 15) is 9.59 Å². The summed E-state index contributed by atoms with van der Waals surface area (Å²) in [5.41, 5.74) is 0.647. The lowest BCUT2D eigenvalue weighted by Crippen LogP contribution is -3.11. The van der Waals surface area contributed by atoms with Crippen LogP contribution in [0.5, 0.6) is 0 Å². The van der Waals surface area contributed by atoms with E-state index < -0.39 is 0 Å². The van der Waals surface area contributed by atoms with E-state index in [-0.39, 0.29) is 30.3 Å². The first-order valence-electron chi connectivity index (χ1n) is 6.88. The Morgan fingerprint density at radius 2 is 1.95 bits per heavy atom. The van der Waals surface area contributed by atoms with Gasteiger partial charge in [-0.1, -0.05) is 25.9 Å². The molecule has 0 radical (unpaired) electrons. The smallest absolute Gasteiger partial charge is 0.281 e. The predicted molar refractivity (Wildman–Crippen MR) is 79.1 cm³/mol. The van der Waals surface area contributed by atoms with Gasteiger partial charge in [-0.2, -0.15) is 0 Å². The molecule has 21 heavy (non-hydrogen) atoms. The average molecular weight is 297 g/mol. The molecule has 0 aliphatic heterocycles. The van der Waals surface area contributed by atoms with Crippen LogP contribution in [0.25, 0.3) is 0 Å². The number of aromatic nitrogens is 1. The van der Waals surface area contributed by atoms with Crippen LogP contribution < -0.4 is 10.2 Å². The van der Waals surface area contributed by atoms with Gasteiger partial charge in [-0.3, -0.25) is 14.9 Å². The highest BCUT2D eigenvalue weighted by molar-refractivity contribution is 5.90. The number of hydrogen-bond donors (Lipinski definition) is 2. The molecule has 0 saturated carbocycles. The van der Waals surface area contributed by atoms with E-state index in [0.717, 1.165) is 10.6 Å². The Labute approximate surface area is 125 Å². The third-order valence-corrected chi connectivity index (χ3v) is 2.96. The second-order valence-electron chi connectivity index (χ2n) is 6.47. The molecule has 0 aliphatic carbocycles. The van der Waals surface area contributed by atoms with Crippen LogP contribution in [-0.2, 0) is 15.0 Å². The van der Waals surface area contributed by atoms with Gasteiger partial charge in [0.2, 0.25) is 5.88 Å². The molecule has 1 atom stereocenters. The van der Waals surface area contributed by atoms with Crippen molar-refractivity contribution in [1.29, 1.82) is 0 Å². The molecule has 1 unspecified atom stereocenters. The van der Waals surface area contributed by atoms with Crippen LogP contribution in [0.4, 0.5) is 5.88 Å². The number of carbonyl (C=O) groups is 2. The molecule has 0 saturated heterocycles. The van der Waals surface area contributed by atoms with Crippen LogP contribution in [0.2, 0.25) is 0 Å². The summed E-state index contributed by atoms with van der Waals surface area (Å²) in [5, 5.41) is 6.59. The lowest BCUT2D eigenvalue weighted by Gasteiger charge is -2.15. The summed E-state index contributed by atoms with van der Waals surface area (Å²) < 4.78 is 5.10. The van der Waals surface area contributed by atoms with Crippen molar-refractivity contribution in [3.05, 3.63) is 11.8 Å². The molecule has 2 amide bonds. The van der Waals surface area contributed by atoms with Crippen molar-refractivity contribution in [1.82, 2.24) is 10.1 Å². The van der Waals surface area contributed by atoms with Gasteiger partial charge in [-0.15, -0.1) is 0 Å². The molecular formula is C14H25N4O3+. The van der Waals surface area contributed by atoms with E-state index in [0.29, 0.717) is 5.88 Å². The van der Waals surface area contributed by atoms with E-state index in [1.54, 1.807) is 27.2 Å². The van der Waals surface area contributed by atoms with Gasteiger partial charge in [0.05, 0.1) is 12.7 Å². The summed E-state index contributed by atoms with van der Waals surface area (Å²) >= 11 is 0. The van der Waals surface area contributed by atoms with Gasteiger partial charge in [-0.25, -0.2) is 0 Å². The Morgan fingerprint density at radius 1 is 1.33 bits per heavy atom. The number of anilines is 1. The normalized spacial score (nSPS) is 12.9. The minimum absolute atomic E-state index is 0.0185. The molecule has 0 aliphatic rings. The molecule has 1 aromatic heterocycles. The van der Waals surface area contributed by atoms with Crippen LogP contribution in [0.15, 0.2) is 10.6 Å². The summed E-state index contributed by atoms with van der Waals surface area (Å²) in [6, 6.07) is 1.72. The number of hydrogen-bond acceptors (Lipinski definition) is 4. The van der Waals surface area contributed by atoms with Crippen molar-refractivity contribution in [3.63, 3.8) is 0 Å². The van der Waals surface area contributed by atoms with Crippen molar-refractivity contribution in [2.75, 3.05) is 39.5 Å². The third kappa shape index (κ3) is 5.55. The maximum Gasteiger partial charge on any atom is 0.281 e. The Hall–Kier alpha value is -1.89. The molecule has 0 fully saturated rings. The number of carbonyl (C=O) groups excluding carboxylic acids is 2. The van der Waals surface area contributed by atoms with Crippen LogP contribution in [0, 0.1) is 0 Å². The second-order valence-corrected chi connectivity index (χ2v) is 6.47. The molecule has 7 heteroatoms.